The summed E-state index contributed by atoms with van der Waals surface area (Å²) in [7, 11) is 1.59. The van der Waals surface area contributed by atoms with Crippen molar-refractivity contribution in [3.8, 4) is 11.5 Å². The zero-order valence-electron chi connectivity index (χ0n) is 15.2. The number of carbonyl (C=O) groups excluding carboxylic acids is 1. The van der Waals surface area contributed by atoms with E-state index in [2.05, 4.69) is 10.3 Å². The molecular weight excluding hydrogens is 384 g/mol. The van der Waals surface area contributed by atoms with Crippen molar-refractivity contribution in [3.05, 3.63) is 57.5 Å². The number of aryl methyl sites for hydroxylation is 1. The number of thioether (sulfide) groups is 1. The molecule has 5 nitrogen and oxygen atoms in total. The van der Waals surface area contributed by atoms with Crippen molar-refractivity contribution in [2.75, 3.05) is 13.7 Å². The summed E-state index contributed by atoms with van der Waals surface area (Å²) in [6, 6.07) is 11.0. The van der Waals surface area contributed by atoms with Gasteiger partial charge in [0.2, 0.25) is 0 Å². The van der Waals surface area contributed by atoms with Crippen LogP contribution >= 0.6 is 23.4 Å². The third-order valence-electron chi connectivity index (χ3n) is 3.82. The van der Waals surface area contributed by atoms with Crippen molar-refractivity contribution in [3.63, 3.8) is 0 Å². The molecule has 1 aliphatic heterocycles. The summed E-state index contributed by atoms with van der Waals surface area (Å²) < 4.78 is 10.9. The minimum absolute atomic E-state index is 0.181. The normalized spacial score (nSPS) is 16.7. The molecule has 0 aromatic heterocycles. The Balaban J connectivity index is 1.85. The van der Waals surface area contributed by atoms with Gasteiger partial charge in [-0.3, -0.25) is 4.79 Å². The summed E-state index contributed by atoms with van der Waals surface area (Å²) in [5.74, 6) is 1.12. The van der Waals surface area contributed by atoms with Crippen molar-refractivity contribution in [2.45, 2.75) is 13.8 Å². The number of hydrogen-bond acceptors (Lipinski definition) is 5. The van der Waals surface area contributed by atoms with E-state index in [-0.39, 0.29) is 5.91 Å². The Bertz CT molecular complexity index is 941. The zero-order valence-corrected chi connectivity index (χ0v) is 16.8. The fourth-order valence-corrected chi connectivity index (χ4v) is 3.60. The Hall–Kier alpha value is -2.44. The molecule has 1 amide bonds. The van der Waals surface area contributed by atoms with Crippen LogP contribution in [0.1, 0.15) is 18.1 Å². The highest BCUT2D eigenvalue weighted by atomic mass is 35.5. The van der Waals surface area contributed by atoms with Gasteiger partial charge in [-0.25, -0.2) is 4.99 Å². The second-order valence-corrected chi connectivity index (χ2v) is 7.22. The highest BCUT2D eigenvalue weighted by Gasteiger charge is 2.24. The van der Waals surface area contributed by atoms with Crippen molar-refractivity contribution in [1.29, 1.82) is 0 Å². The molecule has 0 unspecified atom stereocenters. The number of nitrogens with one attached hydrogen (secondary N) is 1. The van der Waals surface area contributed by atoms with Crippen LogP contribution in [0, 0.1) is 6.92 Å². The maximum atomic E-state index is 12.3. The Kier molecular flexibility index (Phi) is 6.08. The van der Waals surface area contributed by atoms with Crippen LogP contribution in [0.3, 0.4) is 0 Å². The molecule has 0 radical (unpaired) electrons. The van der Waals surface area contributed by atoms with Gasteiger partial charge in [-0.1, -0.05) is 17.7 Å². The summed E-state index contributed by atoms with van der Waals surface area (Å²) in [6.45, 7) is 4.37. The molecule has 2 aromatic rings. The first-order valence-corrected chi connectivity index (χ1v) is 9.56. The summed E-state index contributed by atoms with van der Waals surface area (Å²) in [4.78, 5) is 17.4. The largest absolute Gasteiger partial charge is 0.493 e. The Morgan fingerprint density at radius 3 is 2.74 bits per heavy atom. The highest BCUT2D eigenvalue weighted by Crippen LogP contribution is 2.33. The van der Waals surface area contributed by atoms with E-state index in [1.807, 2.05) is 44.2 Å². The SMILES string of the molecule is CCOc1cc(/C=C2\SC(=Nc3ccc(Cl)cc3C)NC2=O)ccc1OC. The third-order valence-corrected chi connectivity index (χ3v) is 4.96. The number of nitrogens with zero attached hydrogens (tertiary/aromatic N) is 1. The zero-order chi connectivity index (χ0) is 19.4. The predicted octanol–water partition coefficient (Wildman–Crippen LogP) is 4.95. The molecule has 0 aliphatic carbocycles. The summed E-state index contributed by atoms with van der Waals surface area (Å²) in [5, 5.41) is 3.99. The van der Waals surface area contributed by atoms with Crippen LogP contribution in [-0.4, -0.2) is 24.8 Å². The lowest BCUT2D eigenvalue weighted by atomic mass is 10.2. The van der Waals surface area contributed by atoms with Gasteiger partial charge in [0, 0.05) is 5.02 Å². The number of hydrogen-bond donors (Lipinski definition) is 1. The molecule has 0 saturated carbocycles. The summed E-state index contributed by atoms with van der Waals surface area (Å²) >= 11 is 7.27. The molecule has 0 atom stereocenters. The molecule has 140 valence electrons. The van der Waals surface area contributed by atoms with Crippen molar-refractivity contribution >= 4 is 46.2 Å². The van der Waals surface area contributed by atoms with E-state index < -0.39 is 0 Å². The smallest absolute Gasteiger partial charge is 0.264 e. The molecule has 1 fully saturated rings. The van der Waals surface area contributed by atoms with Crippen molar-refractivity contribution < 1.29 is 14.3 Å². The molecule has 1 saturated heterocycles. The second-order valence-electron chi connectivity index (χ2n) is 5.76. The molecule has 2 aromatic carbocycles. The van der Waals surface area contributed by atoms with Gasteiger partial charge in [-0.05, 0) is 73.1 Å². The summed E-state index contributed by atoms with van der Waals surface area (Å²) in [6.07, 6.45) is 1.80. The molecular formula is C20H19ClN2O3S. The number of carbonyl (C=O) groups is 1. The van der Waals surface area contributed by atoms with Gasteiger partial charge in [-0.2, -0.15) is 0 Å². The molecule has 0 spiro atoms. The first kappa shape index (κ1) is 19.3. The average Bonchev–Trinajstić information content (AvgIpc) is 2.97. The van der Waals surface area contributed by atoms with E-state index in [1.165, 1.54) is 11.8 Å². The topological polar surface area (TPSA) is 59.9 Å². The molecule has 1 aliphatic rings. The highest BCUT2D eigenvalue weighted by molar-refractivity contribution is 8.18. The van der Waals surface area contributed by atoms with Crippen LogP contribution in [-0.2, 0) is 4.79 Å². The Morgan fingerprint density at radius 1 is 1.22 bits per heavy atom. The maximum Gasteiger partial charge on any atom is 0.264 e. The van der Waals surface area contributed by atoms with Crippen LogP contribution in [0.15, 0.2) is 46.3 Å². The third kappa shape index (κ3) is 4.64. The van der Waals surface area contributed by atoms with E-state index in [0.717, 1.165) is 16.8 Å². The molecule has 27 heavy (non-hydrogen) atoms. The van der Waals surface area contributed by atoms with E-state index in [0.29, 0.717) is 33.2 Å². The van der Waals surface area contributed by atoms with Crippen LogP contribution in [0.2, 0.25) is 5.02 Å². The van der Waals surface area contributed by atoms with Crippen LogP contribution < -0.4 is 14.8 Å². The number of methoxy groups -OCH3 is 1. The molecule has 1 N–H and O–H groups in total. The lowest BCUT2D eigenvalue weighted by molar-refractivity contribution is -0.115. The number of amides is 1. The van der Waals surface area contributed by atoms with Gasteiger partial charge in [0.1, 0.15) is 0 Å². The Morgan fingerprint density at radius 2 is 2.04 bits per heavy atom. The van der Waals surface area contributed by atoms with Crippen molar-refractivity contribution in [1.82, 2.24) is 5.32 Å². The predicted molar refractivity (Wildman–Crippen MR) is 111 cm³/mol. The number of aliphatic imine (C=N–C) groups is 1. The van der Waals surface area contributed by atoms with Gasteiger partial charge in [0.15, 0.2) is 16.7 Å². The molecule has 7 heteroatoms. The van der Waals surface area contributed by atoms with Crippen molar-refractivity contribution in [2.24, 2.45) is 4.99 Å². The average molecular weight is 403 g/mol. The molecule has 0 bridgehead atoms. The van der Waals surface area contributed by atoms with Gasteiger partial charge < -0.3 is 14.8 Å². The van der Waals surface area contributed by atoms with Gasteiger partial charge >= 0.3 is 0 Å². The van der Waals surface area contributed by atoms with Crippen LogP contribution in [0.25, 0.3) is 6.08 Å². The monoisotopic (exact) mass is 402 g/mol. The van der Waals surface area contributed by atoms with E-state index in [1.54, 1.807) is 19.3 Å². The van der Waals surface area contributed by atoms with Gasteiger partial charge in [0.05, 0.1) is 24.3 Å². The number of halogens is 1. The maximum absolute atomic E-state index is 12.3. The number of ether oxygens (including phenoxy) is 2. The minimum Gasteiger partial charge on any atom is -0.493 e. The minimum atomic E-state index is -0.181. The standard InChI is InChI=1S/C20H19ClN2O3S/c1-4-26-17-10-13(5-8-16(17)25-3)11-18-19(24)23-20(27-18)22-15-7-6-14(21)9-12(15)2/h5-11H,4H2,1-3H3,(H,22,23,24)/b18-11-. The van der Waals surface area contributed by atoms with Crippen LogP contribution in [0.4, 0.5) is 5.69 Å². The molecule has 3 rings (SSSR count). The quantitative estimate of drug-likeness (QED) is 0.719. The first-order chi connectivity index (χ1) is 13.0. The lowest BCUT2D eigenvalue weighted by Gasteiger charge is -2.09. The first-order valence-electron chi connectivity index (χ1n) is 8.36. The number of amidine groups is 1. The van der Waals surface area contributed by atoms with E-state index in [9.17, 15) is 4.79 Å². The second kappa shape index (κ2) is 8.50. The van der Waals surface area contributed by atoms with E-state index >= 15 is 0 Å². The van der Waals surface area contributed by atoms with Gasteiger partial charge in [-0.15, -0.1) is 0 Å². The number of benzene rings is 2. The lowest BCUT2D eigenvalue weighted by Crippen LogP contribution is -2.19. The molecule has 1 heterocycles. The van der Waals surface area contributed by atoms with Gasteiger partial charge in [0.25, 0.3) is 5.91 Å². The summed E-state index contributed by atoms with van der Waals surface area (Å²) in [5.41, 5.74) is 2.56. The van der Waals surface area contributed by atoms with E-state index in [4.69, 9.17) is 21.1 Å². The van der Waals surface area contributed by atoms with Crippen LogP contribution in [0.5, 0.6) is 11.5 Å². The fourth-order valence-electron chi connectivity index (χ4n) is 2.54. The Labute approximate surface area is 167 Å². The fraction of sp³-hybridized carbons (Fsp3) is 0.200. The number of rotatable bonds is 5.